The van der Waals surface area contributed by atoms with Crippen molar-refractivity contribution in [2.45, 2.75) is 75.4 Å². The van der Waals surface area contributed by atoms with Gasteiger partial charge >= 0.3 is 0 Å². The van der Waals surface area contributed by atoms with Crippen LogP contribution in [0, 0.1) is 6.92 Å². The molecule has 2 aromatic rings. The van der Waals surface area contributed by atoms with E-state index in [1.807, 2.05) is 6.92 Å². The molecule has 2 aromatic heterocycles. The number of hydrogen-bond acceptors (Lipinski definition) is 8. The maximum atomic E-state index is 12.8. The second-order valence-electron chi connectivity index (χ2n) is 7.90. The Morgan fingerprint density at radius 2 is 2.13 bits per heavy atom. The van der Waals surface area contributed by atoms with Crippen molar-refractivity contribution in [2.75, 3.05) is 29.9 Å². The van der Waals surface area contributed by atoms with E-state index < -0.39 is 0 Å². The zero-order valence-electron chi connectivity index (χ0n) is 17.7. The molecule has 1 amide bonds. The standard InChI is InChI=1S/C20H30N6O3S/c1-3-16(18(27)21-17-12-14(2)29-24-17)30-20-23-22-19(25-9-5-4-6-10-25)26(20)13-15-8-7-11-28-15/h12,15-16H,3-11,13H2,1-2H3,(H,21,24,27). The van der Waals surface area contributed by atoms with Crippen LogP contribution in [0.1, 0.15) is 51.2 Å². The van der Waals surface area contributed by atoms with Gasteiger partial charge in [-0.15, -0.1) is 10.2 Å². The van der Waals surface area contributed by atoms with Crippen LogP contribution in [0.15, 0.2) is 15.7 Å². The Morgan fingerprint density at radius 1 is 1.30 bits per heavy atom. The van der Waals surface area contributed by atoms with E-state index >= 15 is 0 Å². The van der Waals surface area contributed by atoms with Crippen molar-refractivity contribution in [3.63, 3.8) is 0 Å². The van der Waals surface area contributed by atoms with Crippen LogP contribution in [0.3, 0.4) is 0 Å². The molecular weight excluding hydrogens is 404 g/mol. The molecule has 2 atom stereocenters. The number of nitrogens with zero attached hydrogens (tertiary/aromatic N) is 5. The first-order valence-corrected chi connectivity index (χ1v) is 11.7. The predicted octanol–water partition coefficient (Wildman–Crippen LogP) is 3.25. The average molecular weight is 435 g/mol. The SMILES string of the molecule is CCC(Sc1nnc(N2CCCCC2)n1CC1CCCO1)C(=O)Nc1cc(C)on1. The van der Waals surface area contributed by atoms with Crippen LogP contribution in [0.4, 0.5) is 11.8 Å². The van der Waals surface area contributed by atoms with Crippen molar-refractivity contribution in [3.8, 4) is 0 Å². The van der Waals surface area contributed by atoms with Gasteiger partial charge in [-0.25, -0.2) is 0 Å². The lowest BCUT2D eigenvalue weighted by Gasteiger charge is -2.28. The van der Waals surface area contributed by atoms with E-state index in [0.717, 1.165) is 50.2 Å². The molecule has 2 saturated heterocycles. The summed E-state index contributed by atoms with van der Waals surface area (Å²) < 4.78 is 13.1. The number of hydrogen-bond donors (Lipinski definition) is 1. The van der Waals surface area contributed by atoms with Crippen molar-refractivity contribution in [3.05, 3.63) is 11.8 Å². The topological polar surface area (TPSA) is 98.3 Å². The lowest BCUT2D eigenvalue weighted by molar-refractivity contribution is -0.115. The molecule has 2 aliphatic rings. The molecule has 2 fully saturated rings. The average Bonchev–Trinajstić information content (AvgIpc) is 3.50. The number of thioether (sulfide) groups is 1. The predicted molar refractivity (Wildman–Crippen MR) is 115 cm³/mol. The van der Waals surface area contributed by atoms with Crippen molar-refractivity contribution in [2.24, 2.45) is 0 Å². The molecule has 2 aliphatic heterocycles. The van der Waals surface area contributed by atoms with Crippen molar-refractivity contribution < 1.29 is 14.1 Å². The molecule has 4 heterocycles. The summed E-state index contributed by atoms with van der Waals surface area (Å²) in [5, 5.41) is 16.2. The summed E-state index contributed by atoms with van der Waals surface area (Å²) in [6.45, 7) is 7.32. The number of carbonyl (C=O) groups excluding carboxylic acids is 1. The van der Waals surface area contributed by atoms with Crippen molar-refractivity contribution in [1.82, 2.24) is 19.9 Å². The first kappa shape index (κ1) is 21.2. The molecular formula is C20H30N6O3S. The molecule has 30 heavy (non-hydrogen) atoms. The van der Waals surface area contributed by atoms with Gasteiger partial charge in [-0.1, -0.05) is 23.8 Å². The highest BCUT2D eigenvalue weighted by atomic mass is 32.2. The summed E-state index contributed by atoms with van der Waals surface area (Å²) in [6, 6.07) is 1.71. The fourth-order valence-corrected chi connectivity index (χ4v) is 4.89. The fourth-order valence-electron chi connectivity index (χ4n) is 3.93. The summed E-state index contributed by atoms with van der Waals surface area (Å²) in [4.78, 5) is 15.1. The summed E-state index contributed by atoms with van der Waals surface area (Å²) in [7, 11) is 0. The number of nitrogens with one attached hydrogen (secondary N) is 1. The lowest BCUT2D eigenvalue weighted by Crippen LogP contribution is -2.33. The van der Waals surface area contributed by atoms with Gasteiger partial charge in [0.1, 0.15) is 5.76 Å². The van der Waals surface area contributed by atoms with Crippen LogP contribution >= 0.6 is 11.8 Å². The van der Waals surface area contributed by atoms with Gasteiger partial charge in [-0.3, -0.25) is 9.36 Å². The molecule has 0 aromatic carbocycles. The Labute approximate surface area is 180 Å². The second kappa shape index (κ2) is 9.82. The minimum atomic E-state index is -0.302. The molecule has 4 rings (SSSR count). The zero-order chi connectivity index (χ0) is 20.9. The van der Waals surface area contributed by atoms with Crippen LogP contribution in [0.5, 0.6) is 0 Å². The second-order valence-corrected chi connectivity index (χ2v) is 9.07. The lowest BCUT2D eigenvalue weighted by atomic mass is 10.1. The van der Waals surface area contributed by atoms with Gasteiger partial charge in [-0.05, 0) is 45.4 Å². The van der Waals surface area contributed by atoms with Gasteiger partial charge in [0.25, 0.3) is 0 Å². The monoisotopic (exact) mass is 434 g/mol. The molecule has 0 radical (unpaired) electrons. The number of ether oxygens (including phenoxy) is 1. The number of aromatic nitrogens is 4. The Hall–Kier alpha value is -2.07. The molecule has 0 saturated carbocycles. The van der Waals surface area contributed by atoms with Crippen LogP contribution < -0.4 is 10.2 Å². The number of anilines is 2. The summed E-state index contributed by atoms with van der Waals surface area (Å²) in [5.74, 6) is 1.89. The third kappa shape index (κ3) is 4.97. The number of carbonyl (C=O) groups is 1. The molecule has 1 N–H and O–H groups in total. The molecule has 2 unspecified atom stereocenters. The largest absolute Gasteiger partial charge is 0.376 e. The first-order valence-electron chi connectivity index (χ1n) is 10.8. The number of rotatable bonds is 8. The maximum Gasteiger partial charge on any atom is 0.239 e. The Morgan fingerprint density at radius 3 is 2.80 bits per heavy atom. The van der Waals surface area contributed by atoms with E-state index in [-0.39, 0.29) is 17.3 Å². The van der Waals surface area contributed by atoms with Crippen LogP contribution in [-0.4, -0.2) is 56.9 Å². The zero-order valence-corrected chi connectivity index (χ0v) is 18.5. The normalized spacial score (nSPS) is 20.5. The van der Waals surface area contributed by atoms with Gasteiger partial charge in [0.2, 0.25) is 11.9 Å². The van der Waals surface area contributed by atoms with Gasteiger partial charge in [0.05, 0.1) is 17.9 Å². The van der Waals surface area contributed by atoms with E-state index in [4.69, 9.17) is 9.26 Å². The van der Waals surface area contributed by atoms with Crippen molar-refractivity contribution >= 4 is 29.4 Å². The molecule has 9 nitrogen and oxygen atoms in total. The van der Waals surface area contributed by atoms with Crippen LogP contribution in [0.2, 0.25) is 0 Å². The van der Waals surface area contributed by atoms with E-state index in [1.54, 1.807) is 13.0 Å². The molecule has 0 bridgehead atoms. The molecule has 0 aliphatic carbocycles. The summed E-state index contributed by atoms with van der Waals surface area (Å²) in [6.07, 6.45) is 6.59. The quantitative estimate of drug-likeness (QED) is 0.632. The Balaban J connectivity index is 1.51. The summed E-state index contributed by atoms with van der Waals surface area (Å²) >= 11 is 1.45. The first-order chi connectivity index (χ1) is 14.6. The highest BCUT2D eigenvalue weighted by molar-refractivity contribution is 8.00. The minimum absolute atomic E-state index is 0.109. The third-order valence-electron chi connectivity index (χ3n) is 5.54. The maximum absolute atomic E-state index is 12.8. The number of amides is 1. The highest BCUT2D eigenvalue weighted by Crippen LogP contribution is 2.30. The molecule has 10 heteroatoms. The van der Waals surface area contributed by atoms with Gasteiger partial charge in [-0.2, -0.15) is 0 Å². The van der Waals surface area contributed by atoms with E-state index in [9.17, 15) is 4.79 Å². The van der Waals surface area contributed by atoms with E-state index in [2.05, 4.69) is 30.1 Å². The minimum Gasteiger partial charge on any atom is -0.376 e. The molecule has 0 spiro atoms. The third-order valence-corrected chi connectivity index (χ3v) is 6.88. The highest BCUT2D eigenvalue weighted by Gasteiger charge is 2.28. The van der Waals surface area contributed by atoms with Crippen LogP contribution in [-0.2, 0) is 16.1 Å². The van der Waals surface area contributed by atoms with Gasteiger partial charge in [0, 0.05) is 25.8 Å². The van der Waals surface area contributed by atoms with Gasteiger partial charge < -0.3 is 19.5 Å². The Bertz CT molecular complexity index is 841. The van der Waals surface area contributed by atoms with Gasteiger partial charge in [0.15, 0.2) is 11.0 Å². The van der Waals surface area contributed by atoms with Crippen LogP contribution in [0.25, 0.3) is 0 Å². The van der Waals surface area contributed by atoms with E-state index in [1.165, 1.54) is 31.0 Å². The Kier molecular flexibility index (Phi) is 6.93. The van der Waals surface area contributed by atoms with Crippen molar-refractivity contribution in [1.29, 1.82) is 0 Å². The van der Waals surface area contributed by atoms with E-state index in [0.29, 0.717) is 18.0 Å². The summed E-state index contributed by atoms with van der Waals surface area (Å²) in [5.41, 5.74) is 0. The fraction of sp³-hybridized carbons (Fsp3) is 0.700. The smallest absolute Gasteiger partial charge is 0.239 e. The molecule has 164 valence electrons. The number of aryl methyl sites for hydroxylation is 1. The number of piperidine rings is 1.